The Morgan fingerprint density at radius 3 is 2.48 bits per heavy atom. The van der Waals surface area contributed by atoms with E-state index in [0.717, 1.165) is 44.1 Å². The van der Waals surface area contributed by atoms with Gasteiger partial charge >= 0.3 is 0 Å². The third-order valence-corrected chi connectivity index (χ3v) is 18.8. The highest BCUT2D eigenvalue weighted by Gasteiger charge is 2.78. The van der Waals surface area contributed by atoms with Crippen molar-refractivity contribution in [2.24, 2.45) is 58.0 Å². The third-order valence-electron chi connectivity index (χ3n) is 18.8. The minimum absolute atomic E-state index is 0.00476. The summed E-state index contributed by atoms with van der Waals surface area (Å²) in [5.74, 6) is -2.96. The topological polar surface area (TPSA) is 238 Å². The van der Waals surface area contributed by atoms with E-state index in [2.05, 4.69) is 17.6 Å². The van der Waals surface area contributed by atoms with Crippen molar-refractivity contribution in [2.75, 3.05) is 6.54 Å². The van der Waals surface area contributed by atoms with Crippen LogP contribution in [0.1, 0.15) is 124 Å². The van der Waals surface area contributed by atoms with Gasteiger partial charge in [-0.1, -0.05) is 51.3 Å². The first kappa shape index (κ1) is 45.0. The molecule has 0 amide bonds. The Hall–Kier alpha value is -2.17. The molecule has 13 heteroatoms. The molecule has 9 rings (SSSR count). The molecule has 0 aromatic rings. The number of Topliss-reactive ketones (excluding diaryl/α,β-unsaturated/α-hetero) is 1. The molecule has 1 spiro atoms. The number of carbonyl (C=O) groups is 1. The molecule has 7 aliphatic carbocycles. The Balaban J connectivity index is 1.18. The second kappa shape index (κ2) is 15.7. The van der Waals surface area contributed by atoms with Crippen molar-refractivity contribution in [1.82, 2.24) is 10.6 Å². The summed E-state index contributed by atoms with van der Waals surface area (Å²) in [6.45, 7) is 7.34. The smallest absolute Gasteiger partial charge is 0.182 e. The zero-order valence-electron chi connectivity index (χ0n) is 37.3. The van der Waals surface area contributed by atoms with E-state index in [0.29, 0.717) is 30.8 Å². The summed E-state index contributed by atoms with van der Waals surface area (Å²) in [7, 11) is 0. The lowest BCUT2D eigenvalue weighted by molar-refractivity contribution is -0.262. The largest absolute Gasteiger partial charge is 0.393 e. The number of allylic oxidation sites excluding steroid dienone is 4. The van der Waals surface area contributed by atoms with Gasteiger partial charge in [-0.25, -0.2) is 0 Å². The van der Waals surface area contributed by atoms with E-state index in [1.807, 2.05) is 31.4 Å². The molecule has 0 radical (unpaired) electrons. The van der Waals surface area contributed by atoms with Gasteiger partial charge in [-0.2, -0.15) is 0 Å². The van der Waals surface area contributed by atoms with Crippen LogP contribution in [-0.4, -0.2) is 118 Å². The van der Waals surface area contributed by atoms with Crippen molar-refractivity contribution in [3.05, 3.63) is 47.3 Å². The van der Waals surface area contributed by atoms with Gasteiger partial charge in [-0.15, -0.1) is 0 Å². The van der Waals surface area contributed by atoms with E-state index in [-0.39, 0.29) is 86.6 Å². The molecule has 62 heavy (non-hydrogen) atoms. The zero-order valence-corrected chi connectivity index (χ0v) is 37.3. The number of ether oxygens (including phenoxy) is 1. The van der Waals surface area contributed by atoms with Gasteiger partial charge in [0.25, 0.3) is 0 Å². The summed E-state index contributed by atoms with van der Waals surface area (Å²) in [5.41, 5.74) is -2.26. The van der Waals surface area contributed by atoms with Gasteiger partial charge in [0.15, 0.2) is 5.78 Å². The van der Waals surface area contributed by atoms with E-state index in [1.54, 1.807) is 19.9 Å². The SMILES string of the molecule is CCC[C@H]1CC[C@H]2[C@@H]3[C@H](O)CCC[C@](O)([C@](C)(O)[C@H]4CC[C@@]5(O)C6=C(NC[C@H](C)O)C(=O)[C@@H]7C[C@@H](O)[C@@H](O)C[C@@]78C[C@H](C7=CNC(N)C=C7)C=C[C@@](O)(C[C@]45C)[C@@H]68)[C@@H]3O[C@@H]2CC1. The average molecular weight is 866 g/mol. The fourth-order valence-electron chi connectivity index (χ4n) is 16.0. The maximum absolute atomic E-state index is 15.3. The van der Waals surface area contributed by atoms with Crippen LogP contribution in [0.15, 0.2) is 47.3 Å². The van der Waals surface area contributed by atoms with Crippen LogP contribution in [0.2, 0.25) is 0 Å². The van der Waals surface area contributed by atoms with Crippen LogP contribution >= 0.6 is 0 Å². The lowest BCUT2D eigenvalue weighted by atomic mass is 9.40. The molecule has 5 saturated carbocycles. The van der Waals surface area contributed by atoms with E-state index < -0.39 is 81.5 Å². The monoisotopic (exact) mass is 866 g/mol. The van der Waals surface area contributed by atoms with Crippen LogP contribution in [0.5, 0.6) is 0 Å². The maximum Gasteiger partial charge on any atom is 0.182 e. The number of hydrogen-bond donors (Lipinski definition) is 11. The average Bonchev–Trinajstić information content (AvgIpc) is 3.53. The molecule has 0 aromatic heterocycles. The molecule has 1 unspecified atom stereocenters. The molecule has 0 aromatic carbocycles. The second-order valence-electron chi connectivity index (χ2n) is 22.3. The number of fused-ring (bicyclic) bond motifs is 5. The highest BCUT2D eigenvalue weighted by Crippen LogP contribution is 2.74. The first-order valence-corrected chi connectivity index (χ1v) is 24.1. The van der Waals surface area contributed by atoms with Gasteiger partial charge < -0.3 is 62.0 Å². The number of dihydropyridines is 1. The lowest BCUT2D eigenvalue weighted by Gasteiger charge is -2.66. The minimum Gasteiger partial charge on any atom is -0.393 e. The van der Waals surface area contributed by atoms with Crippen LogP contribution in [0, 0.1) is 52.3 Å². The standard InChI is InChI=1S/C49H75N3O10/c1-5-7-27-9-12-30-35(13-10-27)62-43-38(30)32(54)8-6-17-49(43,61)45(4,58)36-16-19-48(60)39-40(52-23-26(2)53)41(57)31-20-33(55)34(56)22-46(31)21-28(29-11-14-37(50)51-24-29)15-18-47(59,42(39)46)25-44(36,48)3/h11,14-15,18,24,26-28,30-38,42-43,51-56,58-61H,5-10,12-13,16-17,19-23,25,50H2,1-4H3/t26-,27-,28+,30+,31-,32+,33+,34-,35+,36-,37?,38+,42-,43+,44+,45+,46-,47+,48+,49+/m0/s1. The summed E-state index contributed by atoms with van der Waals surface area (Å²) in [4.78, 5) is 15.3. The third kappa shape index (κ3) is 6.55. The predicted octanol–water partition coefficient (Wildman–Crippen LogP) is 2.73. The van der Waals surface area contributed by atoms with E-state index in [4.69, 9.17) is 10.5 Å². The van der Waals surface area contributed by atoms with Crippen molar-refractivity contribution >= 4 is 5.78 Å². The van der Waals surface area contributed by atoms with Crippen molar-refractivity contribution in [3.63, 3.8) is 0 Å². The predicted molar refractivity (Wildman–Crippen MR) is 231 cm³/mol. The highest BCUT2D eigenvalue weighted by atomic mass is 16.5. The minimum atomic E-state index is -1.90. The fourth-order valence-corrected chi connectivity index (χ4v) is 16.0. The summed E-state index contributed by atoms with van der Waals surface area (Å²) in [5, 5.41) is 106. The van der Waals surface area contributed by atoms with Crippen LogP contribution in [-0.2, 0) is 9.53 Å². The Morgan fingerprint density at radius 2 is 1.77 bits per heavy atom. The first-order valence-electron chi connectivity index (χ1n) is 24.1. The summed E-state index contributed by atoms with van der Waals surface area (Å²) < 4.78 is 6.96. The zero-order chi connectivity index (χ0) is 44.4. The molecular formula is C49H75N3O10. The van der Waals surface area contributed by atoms with E-state index in [1.165, 1.54) is 0 Å². The molecule has 0 bridgehead atoms. The van der Waals surface area contributed by atoms with Gasteiger partial charge in [0.05, 0.1) is 65.3 Å². The lowest BCUT2D eigenvalue weighted by Crippen LogP contribution is -2.72. The summed E-state index contributed by atoms with van der Waals surface area (Å²) in [6.07, 6.45) is 11.9. The van der Waals surface area contributed by atoms with Gasteiger partial charge in [0.2, 0.25) is 0 Å². The van der Waals surface area contributed by atoms with Gasteiger partial charge in [-0.05, 0) is 131 Å². The van der Waals surface area contributed by atoms with Crippen LogP contribution in [0.3, 0.4) is 0 Å². The normalized spacial score (nSPS) is 51.2. The molecule has 13 nitrogen and oxygen atoms in total. The van der Waals surface area contributed by atoms with Crippen LogP contribution in [0.25, 0.3) is 0 Å². The molecular weight excluding hydrogens is 791 g/mol. The molecule has 12 N–H and O–H groups in total. The molecule has 9 aliphatic rings. The van der Waals surface area contributed by atoms with Crippen molar-refractivity contribution in [1.29, 1.82) is 0 Å². The Labute approximate surface area is 367 Å². The highest BCUT2D eigenvalue weighted by molar-refractivity contribution is 6.00. The number of ketones is 1. The van der Waals surface area contributed by atoms with Crippen LogP contribution in [0.4, 0.5) is 0 Å². The van der Waals surface area contributed by atoms with Gasteiger partial charge in [0, 0.05) is 41.8 Å². The molecule has 6 fully saturated rings. The number of nitrogens with one attached hydrogen (secondary N) is 2. The summed E-state index contributed by atoms with van der Waals surface area (Å²) in [6, 6.07) is 0. The number of nitrogens with two attached hydrogens (primary N) is 1. The summed E-state index contributed by atoms with van der Waals surface area (Å²) >= 11 is 0. The fraction of sp³-hybridized carbons (Fsp3) is 0.816. The Morgan fingerprint density at radius 1 is 1.02 bits per heavy atom. The number of aliphatic hydroxyl groups excluding tert-OH is 4. The molecule has 1 saturated heterocycles. The van der Waals surface area contributed by atoms with Crippen molar-refractivity contribution in [3.8, 4) is 0 Å². The van der Waals surface area contributed by atoms with Crippen molar-refractivity contribution < 1.29 is 50.4 Å². The van der Waals surface area contributed by atoms with Gasteiger partial charge in [0.1, 0.15) is 5.60 Å². The Bertz CT molecular complexity index is 1880. The molecule has 346 valence electrons. The second-order valence-corrected chi connectivity index (χ2v) is 22.3. The molecule has 2 aliphatic heterocycles. The van der Waals surface area contributed by atoms with E-state index >= 15 is 4.79 Å². The molecule has 20 atom stereocenters. The number of carbonyl (C=O) groups excluding carboxylic acids is 1. The maximum atomic E-state index is 15.3. The number of hydrogen-bond acceptors (Lipinski definition) is 13. The van der Waals surface area contributed by atoms with Crippen LogP contribution < -0.4 is 16.4 Å². The van der Waals surface area contributed by atoms with Crippen molar-refractivity contribution in [2.45, 2.75) is 189 Å². The van der Waals surface area contributed by atoms with E-state index in [9.17, 15) is 40.9 Å². The number of aliphatic hydroxyl groups is 8. The van der Waals surface area contributed by atoms with Gasteiger partial charge in [-0.3, -0.25) is 4.79 Å². The Kier molecular flexibility index (Phi) is 11.4. The quantitative estimate of drug-likeness (QED) is 0.158. The first-order chi connectivity index (χ1) is 29.2. The number of rotatable bonds is 8. The molecule has 2 heterocycles.